The second-order valence-corrected chi connectivity index (χ2v) is 8.20. The maximum atomic E-state index is 12.6. The lowest BCUT2D eigenvalue weighted by molar-refractivity contribution is 0.430. The molecule has 0 heterocycles. The molecule has 1 aromatic rings. The van der Waals surface area contributed by atoms with Gasteiger partial charge in [-0.25, -0.2) is 8.42 Å². The van der Waals surface area contributed by atoms with E-state index in [9.17, 15) is 8.42 Å². The molecule has 0 aromatic heterocycles. The Bertz CT molecular complexity index is 618. The van der Waals surface area contributed by atoms with Crippen molar-refractivity contribution in [2.24, 2.45) is 5.92 Å². The van der Waals surface area contributed by atoms with Crippen LogP contribution in [0, 0.1) is 18.3 Å². The number of halogens is 2. The van der Waals surface area contributed by atoms with Crippen LogP contribution in [-0.4, -0.2) is 25.8 Å². The van der Waals surface area contributed by atoms with Crippen molar-refractivity contribution >= 4 is 41.9 Å². The third-order valence-electron chi connectivity index (χ3n) is 2.94. The molecular formula is C13H13Br2NO2S. The molecule has 0 unspecified atom stereocenters. The normalized spacial score (nSPS) is 15.5. The van der Waals surface area contributed by atoms with Gasteiger partial charge >= 0.3 is 0 Å². The van der Waals surface area contributed by atoms with Gasteiger partial charge in [0.15, 0.2) is 0 Å². The van der Waals surface area contributed by atoms with E-state index < -0.39 is 10.0 Å². The lowest BCUT2D eigenvalue weighted by atomic mass is 10.4. The van der Waals surface area contributed by atoms with Crippen LogP contribution in [0.25, 0.3) is 0 Å². The Kier molecular flexibility index (Phi) is 4.72. The first kappa shape index (κ1) is 15.0. The van der Waals surface area contributed by atoms with Crippen molar-refractivity contribution in [3.8, 4) is 12.3 Å². The minimum Gasteiger partial charge on any atom is -0.207 e. The van der Waals surface area contributed by atoms with Gasteiger partial charge in [0.1, 0.15) is 0 Å². The van der Waals surface area contributed by atoms with Crippen molar-refractivity contribution < 1.29 is 8.42 Å². The van der Waals surface area contributed by atoms with Gasteiger partial charge in [-0.3, -0.25) is 0 Å². The Morgan fingerprint density at radius 3 is 2.58 bits per heavy atom. The number of sulfonamides is 1. The Hall–Kier alpha value is -0.350. The molecule has 0 saturated heterocycles. The van der Waals surface area contributed by atoms with Crippen LogP contribution < -0.4 is 0 Å². The summed E-state index contributed by atoms with van der Waals surface area (Å²) >= 11 is 6.61. The zero-order chi connectivity index (χ0) is 14.0. The highest BCUT2D eigenvalue weighted by molar-refractivity contribution is 9.11. The molecule has 1 fully saturated rings. The molecule has 102 valence electrons. The van der Waals surface area contributed by atoms with E-state index in [0.717, 1.165) is 17.3 Å². The van der Waals surface area contributed by atoms with Crippen LogP contribution in [0.3, 0.4) is 0 Å². The van der Waals surface area contributed by atoms with Crippen LogP contribution in [0.2, 0.25) is 0 Å². The van der Waals surface area contributed by atoms with Gasteiger partial charge < -0.3 is 0 Å². The van der Waals surface area contributed by atoms with Crippen molar-refractivity contribution in [3.63, 3.8) is 0 Å². The van der Waals surface area contributed by atoms with Crippen molar-refractivity contribution in [2.75, 3.05) is 13.1 Å². The predicted octanol–water partition coefficient (Wildman–Crippen LogP) is 3.25. The summed E-state index contributed by atoms with van der Waals surface area (Å²) in [5.74, 6) is 2.89. The van der Waals surface area contributed by atoms with Crippen molar-refractivity contribution in [2.45, 2.75) is 17.7 Å². The van der Waals surface area contributed by atoms with Gasteiger partial charge in [0.05, 0.1) is 11.4 Å². The third-order valence-corrected chi connectivity index (χ3v) is 6.22. The number of hydrogen-bond donors (Lipinski definition) is 0. The Balaban J connectivity index is 2.35. The van der Waals surface area contributed by atoms with E-state index in [4.69, 9.17) is 6.42 Å². The van der Waals surface area contributed by atoms with Crippen LogP contribution in [-0.2, 0) is 10.0 Å². The first-order valence-corrected chi connectivity index (χ1v) is 8.86. The smallest absolute Gasteiger partial charge is 0.207 e. The highest BCUT2D eigenvalue weighted by Gasteiger charge is 2.32. The zero-order valence-corrected chi connectivity index (χ0v) is 14.1. The molecule has 3 nitrogen and oxygen atoms in total. The predicted molar refractivity (Wildman–Crippen MR) is 82.2 cm³/mol. The average molecular weight is 407 g/mol. The van der Waals surface area contributed by atoms with E-state index in [1.165, 1.54) is 4.31 Å². The molecule has 19 heavy (non-hydrogen) atoms. The largest absolute Gasteiger partial charge is 0.245 e. The van der Waals surface area contributed by atoms with Gasteiger partial charge in [0.25, 0.3) is 0 Å². The number of nitrogens with zero attached hydrogens (tertiary/aromatic N) is 1. The van der Waals surface area contributed by atoms with Gasteiger partial charge in [-0.2, -0.15) is 4.31 Å². The number of benzene rings is 1. The maximum Gasteiger partial charge on any atom is 0.245 e. The van der Waals surface area contributed by atoms with E-state index >= 15 is 0 Å². The maximum absolute atomic E-state index is 12.6. The van der Waals surface area contributed by atoms with Crippen LogP contribution in [0.4, 0.5) is 0 Å². The van der Waals surface area contributed by atoms with E-state index in [0.29, 0.717) is 16.9 Å². The van der Waals surface area contributed by atoms with Gasteiger partial charge in [-0.15, -0.1) is 6.42 Å². The topological polar surface area (TPSA) is 37.4 Å². The number of terminal acetylenes is 1. The first-order valence-electron chi connectivity index (χ1n) is 5.84. The summed E-state index contributed by atoms with van der Waals surface area (Å²) < 4.78 is 28.0. The molecule has 2 rings (SSSR count). The first-order chi connectivity index (χ1) is 8.95. The molecule has 0 radical (unpaired) electrons. The van der Waals surface area contributed by atoms with Crippen LogP contribution in [0.15, 0.2) is 32.0 Å². The number of rotatable bonds is 5. The fourth-order valence-electron chi connectivity index (χ4n) is 1.76. The van der Waals surface area contributed by atoms with Gasteiger partial charge in [0.2, 0.25) is 10.0 Å². The van der Waals surface area contributed by atoms with Gasteiger partial charge in [-0.05, 0) is 52.9 Å². The van der Waals surface area contributed by atoms with E-state index in [1.807, 2.05) is 0 Å². The third kappa shape index (κ3) is 3.60. The minimum absolute atomic E-state index is 0.112. The highest BCUT2D eigenvalue weighted by atomic mass is 79.9. The molecule has 0 spiro atoms. The fourth-order valence-corrected chi connectivity index (χ4v) is 4.90. The quantitative estimate of drug-likeness (QED) is 0.704. The molecule has 0 atom stereocenters. The molecule has 1 saturated carbocycles. The summed E-state index contributed by atoms with van der Waals surface area (Å²) in [6.07, 6.45) is 7.45. The van der Waals surface area contributed by atoms with E-state index in [-0.39, 0.29) is 11.4 Å². The van der Waals surface area contributed by atoms with Crippen LogP contribution >= 0.6 is 31.9 Å². The summed E-state index contributed by atoms with van der Waals surface area (Å²) in [5, 5.41) is 0. The summed E-state index contributed by atoms with van der Waals surface area (Å²) in [5.41, 5.74) is 0. The average Bonchev–Trinajstić information content (AvgIpc) is 3.11. The SMILES string of the molecule is C#CCN(CC1CC1)S(=O)(=O)c1ccc(Br)cc1Br. The molecule has 1 aromatic carbocycles. The van der Waals surface area contributed by atoms with Crippen LogP contribution in [0.5, 0.6) is 0 Å². The molecule has 0 amide bonds. The fraction of sp³-hybridized carbons (Fsp3) is 0.385. The molecule has 1 aliphatic rings. The van der Waals surface area contributed by atoms with Gasteiger partial charge in [-0.1, -0.05) is 21.9 Å². The summed E-state index contributed by atoms with van der Waals surface area (Å²) in [7, 11) is -3.54. The Morgan fingerprint density at radius 1 is 1.37 bits per heavy atom. The molecule has 6 heteroatoms. The Morgan fingerprint density at radius 2 is 2.05 bits per heavy atom. The van der Waals surface area contributed by atoms with Crippen molar-refractivity contribution in [1.82, 2.24) is 4.31 Å². The molecule has 0 aliphatic heterocycles. The standard InChI is InChI=1S/C13H13Br2NO2S/c1-2-7-16(9-10-3-4-10)19(17,18)13-6-5-11(14)8-12(13)15/h1,5-6,8,10H,3-4,7,9H2. The minimum atomic E-state index is -3.54. The molecule has 1 aliphatic carbocycles. The Labute approximate surface area is 130 Å². The molecular weight excluding hydrogens is 394 g/mol. The van der Waals surface area contributed by atoms with Gasteiger partial charge in [0, 0.05) is 15.5 Å². The lowest BCUT2D eigenvalue weighted by Gasteiger charge is -2.20. The number of hydrogen-bond acceptors (Lipinski definition) is 2. The zero-order valence-electron chi connectivity index (χ0n) is 10.1. The second-order valence-electron chi connectivity index (χ2n) is 4.52. The molecule has 0 N–H and O–H groups in total. The van der Waals surface area contributed by atoms with Crippen molar-refractivity contribution in [1.29, 1.82) is 0 Å². The summed E-state index contributed by atoms with van der Waals surface area (Å²) in [4.78, 5) is 0.256. The monoisotopic (exact) mass is 405 g/mol. The van der Waals surface area contributed by atoms with E-state index in [1.54, 1.807) is 18.2 Å². The summed E-state index contributed by atoms with van der Waals surface area (Å²) in [6, 6.07) is 5.01. The van der Waals surface area contributed by atoms with Crippen molar-refractivity contribution in [3.05, 3.63) is 27.1 Å². The summed E-state index contributed by atoms with van der Waals surface area (Å²) in [6.45, 7) is 0.621. The van der Waals surface area contributed by atoms with Crippen LogP contribution in [0.1, 0.15) is 12.8 Å². The highest BCUT2D eigenvalue weighted by Crippen LogP contribution is 2.33. The lowest BCUT2D eigenvalue weighted by Crippen LogP contribution is -2.33. The molecule has 0 bridgehead atoms. The second kappa shape index (κ2) is 5.96. The van der Waals surface area contributed by atoms with E-state index in [2.05, 4.69) is 37.8 Å².